The van der Waals surface area contributed by atoms with E-state index in [-0.39, 0.29) is 5.56 Å². The van der Waals surface area contributed by atoms with Crippen LogP contribution in [0.15, 0.2) is 34.1 Å². The van der Waals surface area contributed by atoms with Crippen molar-refractivity contribution in [1.29, 1.82) is 0 Å². The largest absolute Gasteiger partial charge is 0.313 e. The van der Waals surface area contributed by atoms with Gasteiger partial charge >= 0.3 is 0 Å². The first kappa shape index (κ1) is 7.24. The number of nitrogens with one attached hydrogen (secondary N) is 1. The number of rotatable bonds is 1. The molecular weight excluding hydrogens is 172 g/mol. The molecule has 1 N–H and O–H groups in total. The average molecular weight is 178 g/mol. The molecule has 2 aromatic heterocycles. The fourth-order valence-electron chi connectivity index (χ4n) is 0.967. The molecule has 0 aromatic carbocycles. The van der Waals surface area contributed by atoms with Crippen LogP contribution < -0.4 is 5.56 Å². The van der Waals surface area contributed by atoms with Gasteiger partial charge in [-0.15, -0.1) is 0 Å². The van der Waals surface area contributed by atoms with Gasteiger partial charge in [-0.25, -0.2) is 4.98 Å². The van der Waals surface area contributed by atoms with E-state index < -0.39 is 0 Å². The molecular formula is C8H6N2OS. The molecule has 0 fully saturated rings. The van der Waals surface area contributed by atoms with Crippen molar-refractivity contribution < 1.29 is 0 Å². The number of aromatic nitrogens is 2. The summed E-state index contributed by atoms with van der Waals surface area (Å²) in [5.74, 6) is 0. The van der Waals surface area contributed by atoms with Gasteiger partial charge in [0.25, 0.3) is 5.56 Å². The summed E-state index contributed by atoms with van der Waals surface area (Å²) in [6, 6.07) is 1.90. The van der Waals surface area contributed by atoms with E-state index in [1.807, 2.05) is 16.8 Å². The van der Waals surface area contributed by atoms with Crippen LogP contribution in [-0.4, -0.2) is 9.97 Å². The van der Waals surface area contributed by atoms with Crippen molar-refractivity contribution in [3.63, 3.8) is 0 Å². The van der Waals surface area contributed by atoms with Crippen LogP contribution in [0.3, 0.4) is 0 Å². The van der Waals surface area contributed by atoms with Gasteiger partial charge in [-0.1, -0.05) is 0 Å². The highest BCUT2D eigenvalue weighted by Crippen LogP contribution is 2.16. The van der Waals surface area contributed by atoms with E-state index in [4.69, 9.17) is 0 Å². The molecule has 4 heteroatoms. The summed E-state index contributed by atoms with van der Waals surface area (Å²) in [6.07, 6.45) is 2.96. The Morgan fingerprint density at radius 1 is 1.50 bits per heavy atom. The van der Waals surface area contributed by atoms with Gasteiger partial charge < -0.3 is 4.98 Å². The van der Waals surface area contributed by atoms with Crippen molar-refractivity contribution in [3.8, 4) is 11.1 Å². The van der Waals surface area contributed by atoms with Crippen molar-refractivity contribution >= 4 is 11.3 Å². The Morgan fingerprint density at radius 3 is 3.08 bits per heavy atom. The monoisotopic (exact) mass is 178 g/mol. The summed E-state index contributed by atoms with van der Waals surface area (Å²) in [7, 11) is 0. The van der Waals surface area contributed by atoms with E-state index in [0.717, 1.165) is 5.56 Å². The second kappa shape index (κ2) is 2.91. The van der Waals surface area contributed by atoms with Crippen LogP contribution in [0, 0.1) is 0 Å². The first-order valence-corrected chi connectivity index (χ1v) is 4.37. The first-order valence-electron chi connectivity index (χ1n) is 3.43. The highest BCUT2D eigenvalue weighted by molar-refractivity contribution is 7.08. The van der Waals surface area contributed by atoms with Crippen LogP contribution in [0.1, 0.15) is 0 Å². The predicted molar refractivity (Wildman–Crippen MR) is 48.2 cm³/mol. The summed E-state index contributed by atoms with van der Waals surface area (Å²) in [4.78, 5) is 17.6. The maximum absolute atomic E-state index is 11.2. The highest BCUT2D eigenvalue weighted by Gasteiger charge is 2.01. The van der Waals surface area contributed by atoms with Crippen LogP contribution in [-0.2, 0) is 0 Å². The van der Waals surface area contributed by atoms with Crippen LogP contribution in [0.5, 0.6) is 0 Å². The molecule has 0 saturated carbocycles. The molecule has 0 bridgehead atoms. The van der Waals surface area contributed by atoms with Crippen LogP contribution in [0.2, 0.25) is 0 Å². The minimum Gasteiger partial charge on any atom is -0.313 e. The van der Waals surface area contributed by atoms with Crippen molar-refractivity contribution in [2.75, 3.05) is 0 Å². The maximum atomic E-state index is 11.2. The molecule has 3 nitrogen and oxygen atoms in total. The van der Waals surface area contributed by atoms with Gasteiger partial charge in [0.1, 0.15) is 0 Å². The number of hydrogen-bond acceptors (Lipinski definition) is 3. The number of aromatic amines is 1. The third kappa shape index (κ3) is 1.16. The molecule has 12 heavy (non-hydrogen) atoms. The molecule has 60 valence electrons. The summed E-state index contributed by atoms with van der Waals surface area (Å²) >= 11 is 1.56. The van der Waals surface area contributed by atoms with E-state index in [2.05, 4.69) is 9.97 Å². The topological polar surface area (TPSA) is 45.8 Å². The van der Waals surface area contributed by atoms with Gasteiger partial charge in [0.15, 0.2) is 0 Å². The average Bonchev–Trinajstić information content (AvgIpc) is 2.57. The molecule has 0 aliphatic carbocycles. The minimum absolute atomic E-state index is 0.0941. The number of thiophene rings is 1. The number of H-pyrrole nitrogens is 1. The molecule has 2 heterocycles. The Balaban J connectivity index is 2.63. The predicted octanol–water partition coefficient (Wildman–Crippen LogP) is 1.50. The zero-order chi connectivity index (χ0) is 8.39. The summed E-state index contributed by atoms with van der Waals surface area (Å²) in [6.45, 7) is 0. The van der Waals surface area contributed by atoms with E-state index in [1.165, 1.54) is 6.33 Å². The lowest BCUT2D eigenvalue weighted by molar-refractivity contribution is 1.12. The van der Waals surface area contributed by atoms with E-state index in [0.29, 0.717) is 5.56 Å². The lowest BCUT2D eigenvalue weighted by Crippen LogP contribution is -2.07. The molecule has 0 atom stereocenters. The lowest BCUT2D eigenvalue weighted by atomic mass is 10.2. The molecule has 0 aliphatic rings. The first-order chi connectivity index (χ1) is 5.88. The van der Waals surface area contributed by atoms with Crippen LogP contribution >= 0.6 is 11.3 Å². The summed E-state index contributed by atoms with van der Waals surface area (Å²) in [5, 5.41) is 3.86. The summed E-state index contributed by atoms with van der Waals surface area (Å²) < 4.78 is 0. The molecule has 0 spiro atoms. The van der Waals surface area contributed by atoms with E-state index in [1.54, 1.807) is 17.5 Å². The Bertz CT molecular complexity index is 419. The zero-order valence-electron chi connectivity index (χ0n) is 6.15. The Kier molecular flexibility index (Phi) is 1.75. The molecule has 0 unspecified atom stereocenters. The highest BCUT2D eigenvalue weighted by atomic mass is 32.1. The van der Waals surface area contributed by atoms with Gasteiger partial charge in [0.05, 0.1) is 11.9 Å². The molecule has 0 aliphatic heterocycles. The van der Waals surface area contributed by atoms with Crippen LogP contribution in [0.4, 0.5) is 0 Å². The van der Waals surface area contributed by atoms with Gasteiger partial charge in [0, 0.05) is 6.20 Å². The Labute approximate surface area is 72.7 Å². The number of hydrogen-bond donors (Lipinski definition) is 1. The van der Waals surface area contributed by atoms with Crippen molar-refractivity contribution in [3.05, 3.63) is 39.7 Å². The van der Waals surface area contributed by atoms with Crippen molar-refractivity contribution in [1.82, 2.24) is 9.97 Å². The molecule has 2 rings (SSSR count). The van der Waals surface area contributed by atoms with Gasteiger partial charge in [-0.05, 0) is 22.4 Å². The van der Waals surface area contributed by atoms with Gasteiger partial charge in [0.2, 0.25) is 0 Å². The SMILES string of the molecule is O=c1[nH]cncc1-c1ccsc1. The maximum Gasteiger partial charge on any atom is 0.258 e. The Hall–Kier alpha value is -1.42. The molecule has 0 saturated heterocycles. The van der Waals surface area contributed by atoms with E-state index in [9.17, 15) is 4.79 Å². The molecule has 2 aromatic rings. The standard InChI is InChI=1S/C8H6N2OS/c11-8-7(3-9-5-10-8)6-1-2-12-4-6/h1-5H,(H,9,10,11). The second-order valence-electron chi connectivity index (χ2n) is 2.31. The molecule has 0 amide bonds. The minimum atomic E-state index is -0.0941. The van der Waals surface area contributed by atoms with Gasteiger partial charge in [-0.2, -0.15) is 11.3 Å². The normalized spacial score (nSPS) is 10.0. The zero-order valence-corrected chi connectivity index (χ0v) is 6.97. The summed E-state index contributed by atoms with van der Waals surface area (Å²) in [5.41, 5.74) is 1.46. The molecule has 0 radical (unpaired) electrons. The Morgan fingerprint density at radius 2 is 2.42 bits per heavy atom. The third-order valence-corrected chi connectivity index (χ3v) is 2.23. The van der Waals surface area contributed by atoms with E-state index >= 15 is 0 Å². The quantitative estimate of drug-likeness (QED) is 0.719. The van der Waals surface area contributed by atoms with Crippen molar-refractivity contribution in [2.24, 2.45) is 0 Å². The van der Waals surface area contributed by atoms with Gasteiger partial charge in [-0.3, -0.25) is 4.79 Å². The van der Waals surface area contributed by atoms with Crippen molar-refractivity contribution in [2.45, 2.75) is 0 Å². The third-order valence-electron chi connectivity index (χ3n) is 1.55. The second-order valence-corrected chi connectivity index (χ2v) is 3.09. The fourth-order valence-corrected chi connectivity index (χ4v) is 1.62. The number of nitrogens with zero attached hydrogens (tertiary/aromatic N) is 1. The fraction of sp³-hybridized carbons (Fsp3) is 0. The smallest absolute Gasteiger partial charge is 0.258 e. The van der Waals surface area contributed by atoms with Crippen LogP contribution in [0.25, 0.3) is 11.1 Å². The lowest BCUT2D eigenvalue weighted by Gasteiger charge is -1.92.